The molecule has 1 aromatic carbocycles. The van der Waals surface area contributed by atoms with Gasteiger partial charge in [0.1, 0.15) is 0 Å². The van der Waals surface area contributed by atoms with Gasteiger partial charge in [0.25, 0.3) is 5.69 Å². The van der Waals surface area contributed by atoms with Crippen LogP contribution < -0.4 is 5.32 Å². The lowest BCUT2D eigenvalue weighted by molar-refractivity contribution is -0.384. The van der Waals surface area contributed by atoms with E-state index in [1.165, 1.54) is 30.6 Å². The van der Waals surface area contributed by atoms with Gasteiger partial charge in [-0.1, -0.05) is 12.1 Å². The van der Waals surface area contributed by atoms with Crippen LogP contribution in [0.4, 0.5) is 11.4 Å². The predicted octanol–water partition coefficient (Wildman–Crippen LogP) is 2.34. The zero-order valence-electron chi connectivity index (χ0n) is 11.0. The fourth-order valence-corrected chi connectivity index (χ4v) is 1.85. The van der Waals surface area contributed by atoms with E-state index in [1.807, 2.05) is 0 Å². The van der Waals surface area contributed by atoms with Crippen molar-refractivity contribution in [3.63, 3.8) is 0 Å². The quantitative estimate of drug-likeness (QED) is 0.624. The first-order valence-electron chi connectivity index (χ1n) is 6.22. The minimum atomic E-state index is -1.02. The predicted molar refractivity (Wildman–Crippen MR) is 76.5 cm³/mol. The van der Waals surface area contributed by atoms with E-state index < -0.39 is 10.9 Å². The van der Waals surface area contributed by atoms with Crippen LogP contribution in [-0.2, 0) is 6.42 Å². The number of carboxylic acids is 1. The molecule has 0 amide bonds. The van der Waals surface area contributed by atoms with Crippen molar-refractivity contribution >= 4 is 17.3 Å². The molecule has 7 heteroatoms. The molecule has 0 unspecified atom stereocenters. The lowest BCUT2D eigenvalue weighted by atomic mass is 10.1. The summed E-state index contributed by atoms with van der Waals surface area (Å²) in [4.78, 5) is 25.0. The van der Waals surface area contributed by atoms with Crippen molar-refractivity contribution in [1.82, 2.24) is 4.98 Å². The van der Waals surface area contributed by atoms with Crippen molar-refractivity contribution in [2.75, 3.05) is 11.9 Å². The van der Waals surface area contributed by atoms with Crippen molar-refractivity contribution in [1.29, 1.82) is 0 Å². The Kier molecular flexibility index (Phi) is 4.45. The lowest BCUT2D eigenvalue weighted by Gasteiger charge is -2.08. The monoisotopic (exact) mass is 287 g/mol. The Morgan fingerprint density at radius 2 is 2.00 bits per heavy atom. The fraction of sp³-hybridized carbons (Fsp3) is 0.143. The van der Waals surface area contributed by atoms with Gasteiger partial charge < -0.3 is 10.4 Å². The van der Waals surface area contributed by atoms with Gasteiger partial charge in [-0.3, -0.25) is 15.1 Å². The van der Waals surface area contributed by atoms with Gasteiger partial charge in [-0.15, -0.1) is 0 Å². The summed E-state index contributed by atoms with van der Waals surface area (Å²) in [5.41, 5.74) is 1.58. The van der Waals surface area contributed by atoms with Crippen molar-refractivity contribution in [2.45, 2.75) is 6.42 Å². The number of aromatic carboxylic acids is 1. The van der Waals surface area contributed by atoms with Crippen LogP contribution in [0.2, 0.25) is 0 Å². The molecule has 1 aromatic heterocycles. The Labute approximate surface area is 120 Å². The summed E-state index contributed by atoms with van der Waals surface area (Å²) in [7, 11) is 0. The molecule has 108 valence electrons. The first-order chi connectivity index (χ1) is 10.1. The molecule has 2 rings (SSSR count). The number of benzene rings is 1. The van der Waals surface area contributed by atoms with Crippen LogP contribution in [-0.4, -0.2) is 27.5 Å². The number of nitrogens with zero attached hydrogens (tertiary/aromatic N) is 2. The molecule has 0 aliphatic rings. The fourth-order valence-electron chi connectivity index (χ4n) is 1.85. The number of aromatic nitrogens is 1. The molecule has 0 saturated heterocycles. The molecule has 7 nitrogen and oxygen atoms in total. The molecule has 0 spiro atoms. The topological polar surface area (TPSA) is 105 Å². The minimum Gasteiger partial charge on any atom is -0.478 e. The SMILES string of the molecule is O=C(O)c1ccncc1NCCc1ccc([N+](=O)[O-])cc1. The van der Waals surface area contributed by atoms with Crippen molar-refractivity contribution in [2.24, 2.45) is 0 Å². The number of hydrogen-bond donors (Lipinski definition) is 2. The Balaban J connectivity index is 1.95. The zero-order valence-corrected chi connectivity index (χ0v) is 11.0. The van der Waals surface area contributed by atoms with Crippen LogP contribution >= 0.6 is 0 Å². The Hall–Kier alpha value is -2.96. The number of carboxylic acid groups (broad SMARTS) is 1. The highest BCUT2D eigenvalue weighted by Gasteiger charge is 2.09. The maximum Gasteiger partial charge on any atom is 0.337 e. The number of pyridine rings is 1. The second-order valence-electron chi connectivity index (χ2n) is 4.33. The van der Waals surface area contributed by atoms with Gasteiger partial charge in [-0.25, -0.2) is 4.79 Å². The minimum absolute atomic E-state index is 0.0483. The van der Waals surface area contributed by atoms with Crippen molar-refractivity contribution < 1.29 is 14.8 Å². The summed E-state index contributed by atoms with van der Waals surface area (Å²) in [5.74, 6) is -1.02. The summed E-state index contributed by atoms with van der Waals surface area (Å²) >= 11 is 0. The number of anilines is 1. The maximum absolute atomic E-state index is 11.0. The second-order valence-corrected chi connectivity index (χ2v) is 4.33. The number of carbonyl (C=O) groups is 1. The third-order valence-electron chi connectivity index (χ3n) is 2.93. The van der Waals surface area contributed by atoms with Gasteiger partial charge in [0.05, 0.1) is 22.4 Å². The van der Waals surface area contributed by atoms with Crippen molar-refractivity contribution in [3.05, 3.63) is 64.0 Å². The Morgan fingerprint density at radius 1 is 1.29 bits per heavy atom. The average molecular weight is 287 g/mol. The van der Waals surface area contributed by atoms with E-state index in [9.17, 15) is 14.9 Å². The third kappa shape index (κ3) is 3.75. The highest BCUT2D eigenvalue weighted by Crippen LogP contribution is 2.15. The molecule has 0 aliphatic carbocycles. The summed E-state index contributed by atoms with van der Waals surface area (Å²) in [6, 6.07) is 7.68. The molecule has 0 bridgehead atoms. The summed E-state index contributed by atoms with van der Waals surface area (Å²) in [5, 5.41) is 22.6. The van der Waals surface area contributed by atoms with E-state index in [1.54, 1.807) is 12.1 Å². The molecule has 0 atom stereocenters. The van der Waals surface area contributed by atoms with E-state index in [0.29, 0.717) is 18.7 Å². The number of rotatable bonds is 6. The van der Waals surface area contributed by atoms with Crippen molar-refractivity contribution in [3.8, 4) is 0 Å². The van der Waals surface area contributed by atoms with Crippen LogP contribution in [0.5, 0.6) is 0 Å². The Morgan fingerprint density at radius 3 is 2.62 bits per heavy atom. The van der Waals surface area contributed by atoms with Gasteiger partial charge in [-0.2, -0.15) is 0 Å². The highest BCUT2D eigenvalue weighted by molar-refractivity contribution is 5.93. The summed E-state index contributed by atoms with van der Waals surface area (Å²) in [6.07, 6.45) is 3.50. The van der Waals surface area contributed by atoms with Gasteiger partial charge in [-0.05, 0) is 18.1 Å². The van der Waals surface area contributed by atoms with Crippen LogP contribution in [0.25, 0.3) is 0 Å². The van der Waals surface area contributed by atoms with E-state index in [4.69, 9.17) is 5.11 Å². The van der Waals surface area contributed by atoms with Crippen LogP contribution in [0.15, 0.2) is 42.7 Å². The molecule has 0 radical (unpaired) electrons. The third-order valence-corrected chi connectivity index (χ3v) is 2.93. The number of non-ortho nitro benzene ring substituents is 1. The second kappa shape index (κ2) is 6.47. The standard InChI is InChI=1S/C14H13N3O4/c18-14(19)12-6-7-15-9-13(12)16-8-5-10-1-3-11(4-2-10)17(20)21/h1-4,6-7,9,16H,5,8H2,(H,18,19). The Bertz CT molecular complexity index is 656. The zero-order chi connectivity index (χ0) is 15.2. The molecule has 0 fully saturated rings. The van der Waals surface area contributed by atoms with Gasteiger partial charge in [0.2, 0.25) is 0 Å². The van der Waals surface area contributed by atoms with Crippen LogP contribution in [0.1, 0.15) is 15.9 Å². The number of nitro benzene ring substituents is 1. The number of hydrogen-bond acceptors (Lipinski definition) is 5. The first-order valence-corrected chi connectivity index (χ1v) is 6.22. The van der Waals surface area contributed by atoms with E-state index in [2.05, 4.69) is 10.3 Å². The smallest absolute Gasteiger partial charge is 0.337 e. The molecule has 0 saturated carbocycles. The summed E-state index contributed by atoms with van der Waals surface area (Å²) < 4.78 is 0. The van der Waals surface area contributed by atoms with E-state index in [0.717, 1.165) is 5.56 Å². The van der Waals surface area contributed by atoms with E-state index in [-0.39, 0.29) is 11.3 Å². The van der Waals surface area contributed by atoms with Gasteiger partial charge in [0.15, 0.2) is 0 Å². The summed E-state index contributed by atoms with van der Waals surface area (Å²) in [6.45, 7) is 0.504. The lowest BCUT2D eigenvalue weighted by Crippen LogP contribution is -2.09. The molecular weight excluding hydrogens is 274 g/mol. The number of nitrogens with one attached hydrogen (secondary N) is 1. The maximum atomic E-state index is 11.0. The molecular formula is C14H13N3O4. The molecule has 1 heterocycles. The highest BCUT2D eigenvalue weighted by atomic mass is 16.6. The molecule has 0 aliphatic heterocycles. The first kappa shape index (κ1) is 14.4. The largest absolute Gasteiger partial charge is 0.478 e. The number of nitro groups is 1. The van der Waals surface area contributed by atoms with Gasteiger partial charge >= 0.3 is 5.97 Å². The normalized spacial score (nSPS) is 10.1. The van der Waals surface area contributed by atoms with Crippen LogP contribution in [0.3, 0.4) is 0 Å². The molecule has 2 aromatic rings. The van der Waals surface area contributed by atoms with Gasteiger partial charge in [0, 0.05) is 24.9 Å². The van der Waals surface area contributed by atoms with E-state index >= 15 is 0 Å². The molecule has 21 heavy (non-hydrogen) atoms. The average Bonchev–Trinajstić information content (AvgIpc) is 2.48. The molecule has 2 N–H and O–H groups in total. The van der Waals surface area contributed by atoms with Crippen LogP contribution in [0, 0.1) is 10.1 Å².